The van der Waals surface area contributed by atoms with E-state index >= 15 is 0 Å². The Morgan fingerprint density at radius 3 is 2.35 bits per heavy atom. The van der Waals surface area contributed by atoms with E-state index in [0.717, 1.165) is 12.8 Å². The van der Waals surface area contributed by atoms with Gasteiger partial charge in [-0.3, -0.25) is 0 Å². The van der Waals surface area contributed by atoms with Gasteiger partial charge in [0.2, 0.25) is 0 Å². The van der Waals surface area contributed by atoms with Crippen LogP contribution in [0.1, 0.15) is 16.7 Å². The van der Waals surface area contributed by atoms with Crippen LogP contribution in [0.3, 0.4) is 0 Å². The molecule has 1 nitrogen and oxygen atoms in total. The minimum atomic E-state index is -0.572. The summed E-state index contributed by atoms with van der Waals surface area (Å²) in [4.78, 5) is 0. The van der Waals surface area contributed by atoms with Crippen molar-refractivity contribution in [2.75, 3.05) is 0 Å². The van der Waals surface area contributed by atoms with Crippen molar-refractivity contribution < 1.29 is 9.50 Å². The third-order valence-corrected chi connectivity index (χ3v) is 4.46. The molecule has 1 unspecified atom stereocenters. The van der Waals surface area contributed by atoms with E-state index in [2.05, 4.69) is 12.1 Å². The molecular weight excluding hydrogens is 275 g/mol. The molecule has 0 saturated carbocycles. The Balaban J connectivity index is 1.74. The van der Waals surface area contributed by atoms with Crippen molar-refractivity contribution in [3.05, 3.63) is 70.0 Å². The lowest BCUT2D eigenvalue weighted by Crippen LogP contribution is -2.24. The molecule has 0 radical (unpaired) electrons. The normalized spacial score (nSPS) is 16.1. The Morgan fingerprint density at radius 2 is 1.75 bits per heavy atom. The van der Waals surface area contributed by atoms with Crippen LogP contribution in [0.4, 0.5) is 4.39 Å². The largest absolute Gasteiger partial charge is 0.392 e. The van der Waals surface area contributed by atoms with Crippen LogP contribution in [-0.2, 0) is 19.3 Å². The maximum Gasteiger partial charge on any atom is 0.127 e. The molecule has 104 valence electrons. The Morgan fingerprint density at radius 1 is 1.10 bits per heavy atom. The van der Waals surface area contributed by atoms with Gasteiger partial charge >= 0.3 is 0 Å². The average molecular weight is 291 g/mol. The highest BCUT2D eigenvalue weighted by atomic mass is 35.5. The number of halogens is 2. The van der Waals surface area contributed by atoms with E-state index in [9.17, 15) is 9.50 Å². The molecule has 2 aromatic rings. The summed E-state index contributed by atoms with van der Waals surface area (Å²) in [5, 5.41) is 10.8. The number of hydrogen-bond donors (Lipinski definition) is 1. The average Bonchev–Trinajstić information content (AvgIpc) is 2.87. The van der Waals surface area contributed by atoms with Crippen LogP contribution in [0.5, 0.6) is 0 Å². The van der Waals surface area contributed by atoms with Crippen LogP contribution >= 0.6 is 11.6 Å². The van der Waals surface area contributed by atoms with Gasteiger partial charge in [0.15, 0.2) is 0 Å². The molecular formula is C17H16ClFO. The van der Waals surface area contributed by atoms with Gasteiger partial charge in [0.05, 0.1) is 6.10 Å². The van der Waals surface area contributed by atoms with Gasteiger partial charge in [-0.25, -0.2) is 4.39 Å². The standard InChI is InChI=1S/C17H16ClFO/c18-15-6-3-7-16(19)14(15)10-17(20)13-8-11-4-1-2-5-12(11)9-13/h1-7,13,17,20H,8-10H2. The topological polar surface area (TPSA) is 20.2 Å². The van der Waals surface area contributed by atoms with E-state index in [1.54, 1.807) is 12.1 Å². The minimum absolute atomic E-state index is 0.142. The van der Waals surface area contributed by atoms with Crippen LogP contribution in [0.15, 0.2) is 42.5 Å². The fourth-order valence-corrected chi connectivity index (χ4v) is 3.21. The van der Waals surface area contributed by atoms with Gasteiger partial charge in [0, 0.05) is 17.0 Å². The first kappa shape index (κ1) is 13.6. The first-order valence-corrected chi connectivity index (χ1v) is 7.20. The third-order valence-electron chi connectivity index (χ3n) is 4.10. The van der Waals surface area contributed by atoms with Crippen molar-refractivity contribution in [3.63, 3.8) is 0 Å². The number of rotatable bonds is 3. The predicted octanol–water partition coefficient (Wildman–Crippen LogP) is 3.80. The highest BCUT2D eigenvalue weighted by molar-refractivity contribution is 6.31. The van der Waals surface area contributed by atoms with Crippen molar-refractivity contribution in [1.29, 1.82) is 0 Å². The molecule has 1 aliphatic rings. The Kier molecular flexibility index (Phi) is 3.77. The van der Waals surface area contributed by atoms with Crippen LogP contribution in [0, 0.1) is 11.7 Å². The van der Waals surface area contributed by atoms with Crippen molar-refractivity contribution >= 4 is 11.6 Å². The van der Waals surface area contributed by atoms with Gasteiger partial charge in [0.25, 0.3) is 0 Å². The van der Waals surface area contributed by atoms with Crippen molar-refractivity contribution in [2.24, 2.45) is 5.92 Å². The second kappa shape index (κ2) is 5.55. The second-order valence-electron chi connectivity index (χ2n) is 5.41. The molecule has 1 N–H and O–H groups in total. The minimum Gasteiger partial charge on any atom is -0.392 e. The van der Waals surface area contributed by atoms with Crippen molar-refractivity contribution in [3.8, 4) is 0 Å². The molecule has 0 spiro atoms. The molecule has 0 heterocycles. The molecule has 0 amide bonds. The van der Waals surface area contributed by atoms with E-state index < -0.39 is 6.10 Å². The summed E-state index contributed by atoms with van der Waals surface area (Å²) in [7, 11) is 0. The van der Waals surface area contributed by atoms with Crippen molar-refractivity contribution in [1.82, 2.24) is 0 Å². The fourth-order valence-electron chi connectivity index (χ4n) is 2.97. The van der Waals surface area contributed by atoms with Gasteiger partial charge in [-0.15, -0.1) is 0 Å². The highest BCUT2D eigenvalue weighted by Gasteiger charge is 2.28. The summed E-state index contributed by atoms with van der Waals surface area (Å²) in [5.74, 6) is -0.199. The molecule has 0 fully saturated rings. The lowest BCUT2D eigenvalue weighted by atomic mass is 9.93. The van der Waals surface area contributed by atoms with E-state index in [0.29, 0.717) is 10.6 Å². The number of fused-ring (bicyclic) bond motifs is 1. The van der Waals surface area contributed by atoms with E-state index in [1.165, 1.54) is 17.2 Å². The maximum atomic E-state index is 13.8. The van der Waals surface area contributed by atoms with E-state index in [1.807, 2.05) is 12.1 Å². The molecule has 3 heteroatoms. The summed E-state index contributed by atoms with van der Waals surface area (Å²) < 4.78 is 13.8. The first-order chi connectivity index (χ1) is 9.65. The quantitative estimate of drug-likeness (QED) is 0.912. The summed E-state index contributed by atoms with van der Waals surface area (Å²) in [6.45, 7) is 0. The summed E-state index contributed by atoms with van der Waals surface area (Å²) in [5.41, 5.74) is 2.99. The highest BCUT2D eigenvalue weighted by Crippen LogP contribution is 2.31. The number of hydrogen-bond acceptors (Lipinski definition) is 1. The van der Waals surface area contributed by atoms with Gasteiger partial charge in [0.1, 0.15) is 5.82 Å². The SMILES string of the molecule is OC(Cc1c(F)cccc1Cl)C1Cc2ccccc2C1. The molecule has 1 aliphatic carbocycles. The van der Waals surface area contributed by atoms with Crippen LogP contribution in [0.2, 0.25) is 5.02 Å². The molecule has 1 atom stereocenters. The Bertz CT molecular complexity index is 581. The van der Waals surface area contributed by atoms with Crippen LogP contribution in [-0.4, -0.2) is 11.2 Å². The smallest absolute Gasteiger partial charge is 0.127 e. The van der Waals surface area contributed by atoms with Crippen LogP contribution < -0.4 is 0 Å². The zero-order chi connectivity index (χ0) is 14.1. The molecule has 0 aliphatic heterocycles. The summed E-state index contributed by atoms with van der Waals surface area (Å²) >= 11 is 6.02. The number of benzene rings is 2. The molecule has 0 bridgehead atoms. The maximum absolute atomic E-state index is 13.8. The fraction of sp³-hybridized carbons (Fsp3) is 0.294. The monoisotopic (exact) mass is 290 g/mol. The van der Waals surface area contributed by atoms with Crippen LogP contribution in [0.25, 0.3) is 0 Å². The predicted molar refractivity (Wildman–Crippen MR) is 78.5 cm³/mol. The number of aliphatic hydroxyl groups is 1. The van der Waals surface area contributed by atoms with Gasteiger partial charge in [-0.2, -0.15) is 0 Å². The Hall–Kier alpha value is -1.38. The van der Waals surface area contributed by atoms with Gasteiger partial charge < -0.3 is 5.11 Å². The zero-order valence-corrected chi connectivity index (χ0v) is 11.8. The van der Waals surface area contributed by atoms with E-state index in [-0.39, 0.29) is 18.2 Å². The second-order valence-corrected chi connectivity index (χ2v) is 5.82. The molecule has 0 saturated heterocycles. The number of aliphatic hydroxyl groups excluding tert-OH is 1. The first-order valence-electron chi connectivity index (χ1n) is 6.83. The zero-order valence-electron chi connectivity index (χ0n) is 11.0. The molecule has 3 rings (SSSR count). The van der Waals surface area contributed by atoms with E-state index in [4.69, 9.17) is 11.6 Å². The van der Waals surface area contributed by atoms with Crippen molar-refractivity contribution in [2.45, 2.75) is 25.4 Å². The molecule has 2 aromatic carbocycles. The molecule has 20 heavy (non-hydrogen) atoms. The Labute approximate surface area is 123 Å². The lowest BCUT2D eigenvalue weighted by Gasteiger charge is -2.18. The lowest BCUT2D eigenvalue weighted by molar-refractivity contribution is 0.112. The van der Waals surface area contributed by atoms with Gasteiger partial charge in [-0.05, 0) is 42.0 Å². The third kappa shape index (κ3) is 2.58. The summed E-state index contributed by atoms with van der Waals surface area (Å²) in [6, 6.07) is 12.9. The summed E-state index contributed by atoms with van der Waals surface area (Å²) in [6.07, 6.45) is 1.40. The molecule has 0 aromatic heterocycles. The van der Waals surface area contributed by atoms with Gasteiger partial charge in [-0.1, -0.05) is 41.9 Å².